The van der Waals surface area contributed by atoms with E-state index in [0.717, 1.165) is 15.7 Å². The summed E-state index contributed by atoms with van der Waals surface area (Å²) in [6.45, 7) is 12.1. The van der Waals surface area contributed by atoms with Gasteiger partial charge in [0.25, 0.3) is 0 Å². The molecule has 0 N–H and O–H groups in total. The van der Waals surface area contributed by atoms with E-state index in [1.54, 1.807) is 4.57 Å². The molecule has 0 saturated carbocycles. The highest BCUT2D eigenvalue weighted by Crippen LogP contribution is 2.39. The molecule has 3 rings (SSSR count). The highest BCUT2D eigenvalue weighted by molar-refractivity contribution is 9.10. The molecule has 27 heavy (non-hydrogen) atoms. The minimum atomic E-state index is -1.95. The normalized spacial score (nSPS) is 16.0. The molecule has 2 heterocycles. The van der Waals surface area contributed by atoms with Crippen molar-refractivity contribution in [1.29, 1.82) is 0 Å². The molecule has 2 aromatic rings. The molecule has 4 nitrogen and oxygen atoms in total. The van der Waals surface area contributed by atoms with Gasteiger partial charge in [-0.25, -0.2) is 4.79 Å². The van der Waals surface area contributed by atoms with Gasteiger partial charge in [-0.15, -0.1) is 0 Å². The Bertz CT molecular complexity index is 860. The molecule has 0 saturated heterocycles. The first kappa shape index (κ1) is 20.6. The van der Waals surface area contributed by atoms with Crippen LogP contribution in [0, 0.1) is 0 Å². The number of carbonyl (C=O) groups excluding carboxylic acids is 1. The van der Waals surface area contributed by atoms with Crippen LogP contribution in [-0.4, -0.2) is 30.4 Å². The zero-order chi connectivity index (χ0) is 20.0. The van der Waals surface area contributed by atoms with E-state index in [-0.39, 0.29) is 17.1 Å². The van der Waals surface area contributed by atoms with Crippen molar-refractivity contribution in [2.45, 2.75) is 51.5 Å². The van der Waals surface area contributed by atoms with Crippen LogP contribution < -0.4 is 0 Å². The summed E-state index contributed by atoms with van der Waals surface area (Å²) >= 11 is 9.68. The number of hydrogen-bond donors (Lipinski definition) is 0. The number of carbonyl (C=O) groups is 1. The number of hydrogen-bond acceptors (Lipinski definition) is 2. The van der Waals surface area contributed by atoms with Crippen LogP contribution in [-0.2, 0) is 11.0 Å². The lowest BCUT2D eigenvalue weighted by atomic mass is 10.1. The van der Waals surface area contributed by atoms with E-state index < -0.39 is 8.32 Å². The molecule has 7 heteroatoms. The molecule has 146 valence electrons. The summed E-state index contributed by atoms with van der Waals surface area (Å²) in [5.41, 5.74) is 1.98. The molecule has 0 unspecified atom stereocenters. The van der Waals surface area contributed by atoms with Crippen molar-refractivity contribution in [2.24, 2.45) is 0 Å². The fourth-order valence-corrected chi connectivity index (χ4v) is 4.66. The van der Waals surface area contributed by atoms with Crippen molar-refractivity contribution in [1.82, 2.24) is 9.47 Å². The van der Waals surface area contributed by atoms with E-state index in [1.165, 1.54) is 0 Å². The quantitative estimate of drug-likeness (QED) is 0.471. The third-order valence-electron chi connectivity index (χ3n) is 5.67. The second-order valence-corrected chi connectivity index (χ2v) is 14.7. The Hall–Kier alpha value is -1.08. The highest BCUT2D eigenvalue weighted by atomic mass is 79.9. The monoisotopic (exact) mass is 468 g/mol. The third kappa shape index (κ3) is 4.19. The van der Waals surface area contributed by atoms with Crippen molar-refractivity contribution >= 4 is 41.9 Å². The SMILES string of the molecule is CC(C)(C)[Si](C)(C)OC[C@H](c1cccc(Cl)c1)N1Cc2cc(Br)cn2C1=O. The molecule has 0 spiro atoms. The molecule has 1 aromatic carbocycles. The Labute approximate surface area is 175 Å². The van der Waals surface area contributed by atoms with Gasteiger partial charge in [-0.3, -0.25) is 4.57 Å². The highest BCUT2D eigenvalue weighted by Gasteiger charge is 2.40. The van der Waals surface area contributed by atoms with Crippen molar-refractivity contribution in [3.8, 4) is 0 Å². The first-order valence-corrected chi connectivity index (χ1v) is 13.1. The summed E-state index contributed by atoms with van der Waals surface area (Å²) in [7, 11) is -1.95. The Balaban J connectivity index is 1.90. The number of benzene rings is 1. The van der Waals surface area contributed by atoms with Crippen LogP contribution >= 0.6 is 27.5 Å². The fraction of sp³-hybridized carbons (Fsp3) is 0.450. The van der Waals surface area contributed by atoms with Crippen LogP contribution in [0.2, 0.25) is 23.2 Å². The van der Waals surface area contributed by atoms with E-state index in [1.807, 2.05) is 41.4 Å². The predicted octanol–water partition coefficient (Wildman–Crippen LogP) is 6.45. The Kier molecular flexibility index (Phi) is 5.65. The molecule has 1 aliphatic heterocycles. The van der Waals surface area contributed by atoms with Crippen LogP contribution in [0.3, 0.4) is 0 Å². The molecule has 0 aliphatic carbocycles. The first-order chi connectivity index (χ1) is 12.5. The maximum Gasteiger partial charge on any atom is 0.329 e. The molecule has 1 atom stereocenters. The van der Waals surface area contributed by atoms with Crippen molar-refractivity contribution < 1.29 is 9.22 Å². The van der Waals surface area contributed by atoms with Gasteiger partial charge < -0.3 is 9.33 Å². The average molecular weight is 470 g/mol. The lowest BCUT2D eigenvalue weighted by Crippen LogP contribution is -2.44. The minimum absolute atomic E-state index is 0.0282. The topological polar surface area (TPSA) is 34.5 Å². The molecular formula is C20H26BrClN2O2Si. The smallest absolute Gasteiger partial charge is 0.329 e. The minimum Gasteiger partial charge on any atom is -0.414 e. The van der Waals surface area contributed by atoms with Crippen molar-refractivity contribution in [3.05, 3.63) is 57.3 Å². The molecule has 0 fully saturated rings. The van der Waals surface area contributed by atoms with Crippen molar-refractivity contribution in [3.63, 3.8) is 0 Å². The van der Waals surface area contributed by atoms with Crippen LogP contribution in [0.15, 0.2) is 41.0 Å². The zero-order valence-electron chi connectivity index (χ0n) is 16.4. The summed E-state index contributed by atoms with van der Waals surface area (Å²) in [6.07, 6.45) is 1.82. The van der Waals surface area contributed by atoms with Crippen LogP contribution in [0.25, 0.3) is 0 Å². The predicted molar refractivity (Wildman–Crippen MR) is 116 cm³/mol. The van der Waals surface area contributed by atoms with Crippen LogP contribution in [0.1, 0.15) is 38.1 Å². The number of halogens is 2. The van der Waals surface area contributed by atoms with Gasteiger partial charge in [0.05, 0.1) is 19.2 Å². The Morgan fingerprint density at radius 3 is 2.59 bits per heavy atom. The second kappa shape index (κ2) is 7.39. The van der Waals surface area contributed by atoms with Crippen molar-refractivity contribution in [2.75, 3.05) is 6.61 Å². The van der Waals surface area contributed by atoms with Gasteiger partial charge in [0.15, 0.2) is 8.32 Å². The zero-order valence-corrected chi connectivity index (χ0v) is 19.8. The molecular weight excluding hydrogens is 444 g/mol. The Morgan fingerprint density at radius 2 is 2.00 bits per heavy atom. The summed E-state index contributed by atoms with van der Waals surface area (Å²) in [4.78, 5) is 14.9. The van der Waals surface area contributed by atoms with Gasteiger partial charge >= 0.3 is 6.03 Å². The van der Waals surface area contributed by atoms with Gasteiger partial charge in [0.2, 0.25) is 0 Å². The lowest BCUT2D eigenvalue weighted by molar-refractivity contribution is 0.144. The van der Waals surface area contributed by atoms with Gasteiger partial charge in [-0.2, -0.15) is 0 Å². The summed E-state index contributed by atoms with van der Waals surface area (Å²) in [6, 6.07) is 9.50. The molecule has 1 aliphatic rings. The Morgan fingerprint density at radius 1 is 1.30 bits per heavy atom. The van der Waals surface area contributed by atoms with E-state index in [2.05, 4.69) is 49.8 Å². The number of aromatic nitrogens is 1. The summed E-state index contributed by atoms with van der Waals surface area (Å²) in [5.74, 6) is 0. The van der Waals surface area contributed by atoms with E-state index in [4.69, 9.17) is 16.0 Å². The van der Waals surface area contributed by atoms with Gasteiger partial charge in [0, 0.05) is 21.4 Å². The number of nitrogens with zero attached hydrogens (tertiary/aromatic N) is 2. The number of amides is 1. The van der Waals surface area contributed by atoms with Gasteiger partial charge in [0.1, 0.15) is 0 Å². The third-order valence-corrected chi connectivity index (χ3v) is 10.8. The first-order valence-electron chi connectivity index (χ1n) is 9.07. The van der Waals surface area contributed by atoms with E-state index in [9.17, 15) is 4.79 Å². The summed E-state index contributed by atoms with van der Waals surface area (Å²) in [5, 5.41) is 0.774. The standard InChI is InChI=1S/C20H26BrClN2O2Si/c1-20(2,3)27(4,5)26-13-18(14-7-6-8-16(22)9-14)24-12-17-10-15(21)11-23(17)19(24)25/h6-11,18H,12-13H2,1-5H3/t18-/m1/s1. The second-order valence-electron chi connectivity index (χ2n) is 8.57. The molecule has 0 bridgehead atoms. The number of fused-ring (bicyclic) bond motifs is 1. The van der Waals surface area contributed by atoms with E-state index in [0.29, 0.717) is 18.2 Å². The molecule has 1 aromatic heterocycles. The van der Waals surface area contributed by atoms with Crippen LogP contribution in [0.5, 0.6) is 0 Å². The van der Waals surface area contributed by atoms with Crippen LogP contribution in [0.4, 0.5) is 4.79 Å². The van der Waals surface area contributed by atoms with E-state index >= 15 is 0 Å². The van der Waals surface area contributed by atoms with Gasteiger partial charge in [-0.05, 0) is 57.8 Å². The maximum atomic E-state index is 13.0. The van der Waals surface area contributed by atoms with Gasteiger partial charge in [-0.1, -0.05) is 44.5 Å². The average Bonchev–Trinajstić information content (AvgIpc) is 3.05. The molecule has 1 amide bonds. The molecule has 0 radical (unpaired) electrons. The number of rotatable bonds is 5. The lowest BCUT2D eigenvalue weighted by Gasteiger charge is -2.38. The fourth-order valence-electron chi connectivity index (χ4n) is 2.98. The largest absolute Gasteiger partial charge is 0.414 e. The maximum absolute atomic E-state index is 13.0. The summed E-state index contributed by atoms with van der Waals surface area (Å²) < 4.78 is 9.11.